The van der Waals surface area contributed by atoms with E-state index in [1.165, 1.54) is 12.1 Å². The second kappa shape index (κ2) is 5.03. The molecule has 2 aromatic carbocycles. The first-order chi connectivity index (χ1) is 10.0. The van der Waals surface area contributed by atoms with E-state index in [1.54, 1.807) is 36.4 Å². The number of nitrogens with zero attached hydrogens (tertiary/aromatic N) is 1. The van der Waals surface area contributed by atoms with Crippen LogP contribution in [0.1, 0.15) is 11.1 Å². The lowest BCUT2D eigenvalue weighted by Gasteiger charge is -1.99. The molecule has 1 aliphatic heterocycles. The molecular formula is C15H9ClN2O3. The van der Waals surface area contributed by atoms with Gasteiger partial charge in [-0.2, -0.15) is 0 Å². The third kappa shape index (κ3) is 2.51. The van der Waals surface area contributed by atoms with Gasteiger partial charge in [-0.25, -0.2) is 0 Å². The van der Waals surface area contributed by atoms with Crippen LogP contribution in [0.2, 0.25) is 5.02 Å². The molecule has 6 heteroatoms. The van der Waals surface area contributed by atoms with E-state index in [1.807, 2.05) is 0 Å². The number of nitro benzene ring substituents is 1. The highest BCUT2D eigenvalue weighted by molar-refractivity contribution is 6.36. The predicted molar refractivity (Wildman–Crippen MR) is 81.0 cm³/mol. The Bertz CT molecular complexity index is 782. The van der Waals surface area contributed by atoms with Crippen LogP contribution < -0.4 is 5.32 Å². The largest absolute Gasteiger partial charge is 0.321 e. The molecule has 0 saturated carbocycles. The minimum Gasteiger partial charge on any atom is -0.321 e. The summed E-state index contributed by atoms with van der Waals surface area (Å²) < 4.78 is 0. The summed E-state index contributed by atoms with van der Waals surface area (Å²) >= 11 is 5.89. The number of hydrogen-bond donors (Lipinski definition) is 1. The lowest BCUT2D eigenvalue weighted by Crippen LogP contribution is -2.03. The predicted octanol–water partition coefficient (Wildman–Crippen LogP) is 3.74. The van der Waals surface area contributed by atoms with Crippen molar-refractivity contribution in [2.24, 2.45) is 0 Å². The molecule has 2 aromatic rings. The van der Waals surface area contributed by atoms with Gasteiger partial charge in [0.25, 0.3) is 11.6 Å². The van der Waals surface area contributed by atoms with Crippen molar-refractivity contribution in [1.82, 2.24) is 0 Å². The fourth-order valence-corrected chi connectivity index (χ4v) is 2.34. The normalized spacial score (nSPS) is 14.9. The van der Waals surface area contributed by atoms with Gasteiger partial charge in [-0.05, 0) is 35.9 Å². The Morgan fingerprint density at radius 3 is 2.52 bits per heavy atom. The van der Waals surface area contributed by atoms with E-state index in [0.717, 1.165) is 5.56 Å². The van der Waals surface area contributed by atoms with Gasteiger partial charge in [0, 0.05) is 28.3 Å². The van der Waals surface area contributed by atoms with Gasteiger partial charge in [0.15, 0.2) is 0 Å². The molecule has 0 atom stereocenters. The zero-order chi connectivity index (χ0) is 15.0. The molecule has 1 amide bonds. The maximum atomic E-state index is 12.0. The fraction of sp³-hybridized carbons (Fsp3) is 0. The zero-order valence-corrected chi connectivity index (χ0v) is 11.4. The van der Waals surface area contributed by atoms with E-state index in [2.05, 4.69) is 5.32 Å². The van der Waals surface area contributed by atoms with Crippen LogP contribution in [-0.4, -0.2) is 10.8 Å². The van der Waals surface area contributed by atoms with E-state index < -0.39 is 4.92 Å². The second-order valence-corrected chi connectivity index (χ2v) is 4.99. The molecule has 104 valence electrons. The minimum atomic E-state index is -0.462. The fourth-order valence-electron chi connectivity index (χ4n) is 2.17. The van der Waals surface area contributed by atoms with Crippen molar-refractivity contribution in [3.05, 3.63) is 68.7 Å². The molecule has 0 radical (unpaired) electrons. The van der Waals surface area contributed by atoms with Crippen LogP contribution in [-0.2, 0) is 4.79 Å². The third-order valence-corrected chi connectivity index (χ3v) is 3.41. The van der Waals surface area contributed by atoms with Crippen molar-refractivity contribution in [2.45, 2.75) is 0 Å². The van der Waals surface area contributed by atoms with Crippen molar-refractivity contribution in [3.63, 3.8) is 0 Å². The number of anilines is 1. The van der Waals surface area contributed by atoms with Crippen molar-refractivity contribution in [3.8, 4) is 0 Å². The van der Waals surface area contributed by atoms with Gasteiger partial charge in [-0.1, -0.05) is 17.7 Å². The van der Waals surface area contributed by atoms with Crippen LogP contribution in [0.25, 0.3) is 11.6 Å². The molecule has 0 spiro atoms. The van der Waals surface area contributed by atoms with Gasteiger partial charge in [-0.3, -0.25) is 14.9 Å². The van der Waals surface area contributed by atoms with E-state index in [9.17, 15) is 14.9 Å². The second-order valence-electron chi connectivity index (χ2n) is 4.55. The van der Waals surface area contributed by atoms with Crippen LogP contribution >= 0.6 is 11.6 Å². The average molecular weight is 301 g/mol. The molecule has 1 heterocycles. The molecule has 5 nitrogen and oxygen atoms in total. The maximum Gasteiger partial charge on any atom is 0.269 e. The summed E-state index contributed by atoms with van der Waals surface area (Å²) in [6, 6.07) is 11.2. The van der Waals surface area contributed by atoms with Gasteiger partial charge in [0.2, 0.25) is 0 Å². The van der Waals surface area contributed by atoms with Crippen LogP contribution in [0.3, 0.4) is 0 Å². The topological polar surface area (TPSA) is 72.2 Å². The van der Waals surface area contributed by atoms with Crippen LogP contribution in [0, 0.1) is 10.1 Å². The minimum absolute atomic E-state index is 0.0141. The molecule has 21 heavy (non-hydrogen) atoms. The SMILES string of the molecule is O=C1Nc2cc(Cl)ccc2/C1=C\c1ccc([N+](=O)[O-])cc1. The van der Waals surface area contributed by atoms with Crippen LogP contribution in [0.5, 0.6) is 0 Å². The summed E-state index contributed by atoms with van der Waals surface area (Å²) in [5, 5.41) is 13.9. The molecule has 0 saturated heterocycles. The number of nitrogens with one attached hydrogen (secondary N) is 1. The van der Waals surface area contributed by atoms with E-state index in [0.29, 0.717) is 21.8 Å². The van der Waals surface area contributed by atoms with Gasteiger partial charge >= 0.3 is 0 Å². The molecule has 1 aliphatic rings. The van der Waals surface area contributed by atoms with Gasteiger partial charge in [0.05, 0.1) is 10.6 Å². The third-order valence-electron chi connectivity index (χ3n) is 3.18. The van der Waals surface area contributed by atoms with Crippen LogP contribution in [0.15, 0.2) is 42.5 Å². The summed E-state index contributed by atoms with van der Waals surface area (Å²) in [6.07, 6.45) is 1.69. The van der Waals surface area contributed by atoms with Crippen molar-refractivity contribution in [2.75, 3.05) is 5.32 Å². The van der Waals surface area contributed by atoms with Crippen LogP contribution in [0.4, 0.5) is 11.4 Å². The molecule has 0 fully saturated rings. The molecule has 3 rings (SSSR count). The summed E-state index contributed by atoms with van der Waals surface area (Å²) in [5.41, 5.74) is 2.67. The van der Waals surface area contributed by atoms with Gasteiger partial charge in [-0.15, -0.1) is 0 Å². The Morgan fingerprint density at radius 1 is 1.14 bits per heavy atom. The quantitative estimate of drug-likeness (QED) is 0.521. The van der Waals surface area contributed by atoms with Crippen molar-refractivity contribution >= 4 is 40.5 Å². The molecule has 1 N–H and O–H groups in total. The van der Waals surface area contributed by atoms with Gasteiger partial charge in [0.1, 0.15) is 0 Å². The Morgan fingerprint density at radius 2 is 1.86 bits per heavy atom. The summed E-state index contributed by atoms with van der Waals surface area (Å²) in [5.74, 6) is -0.217. The Balaban J connectivity index is 2.00. The summed E-state index contributed by atoms with van der Waals surface area (Å²) in [7, 11) is 0. The summed E-state index contributed by atoms with van der Waals surface area (Å²) in [4.78, 5) is 22.1. The maximum absolute atomic E-state index is 12.0. The highest BCUT2D eigenvalue weighted by Gasteiger charge is 2.24. The number of hydrogen-bond acceptors (Lipinski definition) is 3. The summed E-state index contributed by atoms with van der Waals surface area (Å²) in [6.45, 7) is 0. The molecular weight excluding hydrogens is 292 g/mol. The lowest BCUT2D eigenvalue weighted by atomic mass is 10.0. The first-order valence-electron chi connectivity index (χ1n) is 6.12. The number of benzene rings is 2. The Labute approximate surface area is 125 Å². The first-order valence-corrected chi connectivity index (χ1v) is 6.50. The highest BCUT2D eigenvalue weighted by atomic mass is 35.5. The number of nitro groups is 1. The lowest BCUT2D eigenvalue weighted by molar-refractivity contribution is -0.384. The van der Waals surface area contributed by atoms with E-state index in [4.69, 9.17) is 11.6 Å². The number of halogens is 1. The Hall–Kier alpha value is -2.66. The smallest absolute Gasteiger partial charge is 0.269 e. The number of fused-ring (bicyclic) bond motifs is 1. The van der Waals surface area contributed by atoms with Crippen molar-refractivity contribution < 1.29 is 9.72 Å². The molecule has 0 bridgehead atoms. The number of carbonyl (C=O) groups excluding carboxylic acids is 1. The molecule has 0 aromatic heterocycles. The number of carbonyl (C=O) groups is 1. The number of amides is 1. The zero-order valence-electron chi connectivity index (χ0n) is 10.7. The van der Waals surface area contributed by atoms with E-state index in [-0.39, 0.29) is 11.6 Å². The molecule has 0 aliphatic carbocycles. The van der Waals surface area contributed by atoms with E-state index >= 15 is 0 Å². The van der Waals surface area contributed by atoms with Gasteiger partial charge < -0.3 is 5.32 Å². The first kappa shape index (κ1) is 13.3. The Kier molecular flexibility index (Phi) is 3.19. The number of rotatable bonds is 2. The monoisotopic (exact) mass is 300 g/mol. The highest BCUT2D eigenvalue weighted by Crippen LogP contribution is 2.34. The standard InChI is InChI=1S/C15H9ClN2O3/c16-10-3-6-12-13(15(19)17-14(12)8-10)7-9-1-4-11(5-2-9)18(20)21/h1-8H,(H,17,19)/b13-7+. The average Bonchev–Trinajstić information content (AvgIpc) is 2.75. The molecule has 0 unspecified atom stereocenters. The number of non-ortho nitro benzene ring substituents is 1. The van der Waals surface area contributed by atoms with Crippen molar-refractivity contribution in [1.29, 1.82) is 0 Å².